The average Bonchev–Trinajstić information content (AvgIpc) is 2.25. The molecular formula is C11H13FN2O. The first-order valence-corrected chi connectivity index (χ1v) is 4.82. The number of amides is 1. The van der Waals surface area contributed by atoms with Crippen molar-refractivity contribution in [2.24, 2.45) is 5.10 Å². The Labute approximate surface area is 88.0 Å². The van der Waals surface area contributed by atoms with Crippen molar-refractivity contribution in [3.8, 4) is 0 Å². The lowest BCUT2D eigenvalue weighted by Gasteiger charge is -2.00. The number of rotatable bonds is 4. The predicted molar refractivity (Wildman–Crippen MR) is 57.3 cm³/mol. The van der Waals surface area contributed by atoms with Crippen LogP contribution in [0.3, 0.4) is 0 Å². The molecule has 0 atom stereocenters. The summed E-state index contributed by atoms with van der Waals surface area (Å²) in [4.78, 5) is 11.4. The summed E-state index contributed by atoms with van der Waals surface area (Å²) in [6, 6.07) is 5.80. The molecule has 0 fully saturated rings. The van der Waals surface area contributed by atoms with Crippen molar-refractivity contribution in [1.82, 2.24) is 5.43 Å². The zero-order chi connectivity index (χ0) is 11.1. The molecule has 0 saturated carbocycles. The van der Waals surface area contributed by atoms with Gasteiger partial charge in [-0.15, -0.1) is 0 Å². The van der Waals surface area contributed by atoms with Crippen molar-refractivity contribution in [2.75, 3.05) is 0 Å². The average molecular weight is 208 g/mol. The maximum Gasteiger partial charge on any atom is 0.274 e. The highest BCUT2D eigenvalue weighted by molar-refractivity contribution is 5.94. The van der Waals surface area contributed by atoms with Gasteiger partial charge in [-0.2, -0.15) is 5.10 Å². The number of halogens is 1. The lowest BCUT2D eigenvalue weighted by Crippen LogP contribution is -2.18. The van der Waals surface area contributed by atoms with Gasteiger partial charge < -0.3 is 0 Å². The van der Waals surface area contributed by atoms with E-state index < -0.39 is 11.7 Å². The topological polar surface area (TPSA) is 41.5 Å². The van der Waals surface area contributed by atoms with Gasteiger partial charge in [-0.3, -0.25) is 4.79 Å². The zero-order valence-electron chi connectivity index (χ0n) is 8.53. The highest BCUT2D eigenvalue weighted by Gasteiger charge is 2.08. The van der Waals surface area contributed by atoms with E-state index in [9.17, 15) is 9.18 Å². The minimum absolute atomic E-state index is 0.00569. The van der Waals surface area contributed by atoms with Crippen molar-refractivity contribution < 1.29 is 9.18 Å². The maximum atomic E-state index is 13.1. The van der Waals surface area contributed by atoms with Crippen LogP contribution in [0.4, 0.5) is 4.39 Å². The SMILES string of the molecule is CCCC=NNC(=O)c1ccccc1F. The van der Waals surface area contributed by atoms with Crippen LogP contribution in [0.5, 0.6) is 0 Å². The Morgan fingerprint density at radius 2 is 2.27 bits per heavy atom. The first-order chi connectivity index (χ1) is 7.25. The van der Waals surface area contributed by atoms with Crippen molar-refractivity contribution >= 4 is 12.1 Å². The Morgan fingerprint density at radius 3 is 2.93 bits per heavy atom. The number of carbonyl (C=O) groups excluding carboxylic acids is 1. The second-order valence-electron chi connectivity index (χ2n) is 3.02. The Morgan fingerprint density at radius 1 is 1.53 bits per heavy atom. The van der Waals surface area contributed by atoms with Crippen LogP contribution >= 0.6 is 0 Å². The molecule has 0 bridgehead atoms. The summed E-state index contributed by atoms with van der Waals surface area (Å²) in [6.45, 7) is 2.00. The fourth-order valence-corrected chi connectivity index (χ4v) is 1.00. The van der Waals surface area contributed by atoms with E-state index in [1.807, 2.05) is 6.92 Å². The van der Waals surface area contributed by atoms with E-state index in [1.165, 1.54) is 18.2 Å². The van der Waals surface area contributed by atoms with Gasteiger partial charge in [-0.05, 0) is 18.6 Å². The minimum atomic E-state index is -0.541. The monoisotopic (exact) mass is 208 g/mol. The van der Waals surface area contributed by atoms with Gasteiger partial charge in [0.2, 0.25) is 0 Å². The quantitative estimate of drug-likeness (QED) is 0.598. The molecule has 80 valence electrons. The lowest BCUT2D eigenvalue weighted by molar-refractivity contribution is 0.0951. The Kier molecular flexibility index (Phi) is 4.47. The molecule has 0 radical (unpaired) electrons. The van der Waals surface area contributed by atoms with Gasteiger partial charge >= 0.3 is 0 Å². The molecule has 0 aromatic heterocycles. The summed E-state index contributed by atoms with van der Waals surface area (Å²) in [7, 11) is 0. The first-order valence-electron chi connectivity index (χ1n) is 4.82. The number of nitrogens with zero attached hydrogens (tertiary/aromatic N) is 1. The second kappa shape index (κ2) is 5.90. The fraction of sp³-hybridized carbons (Fsp3) is 0.273. The third kappa shape index (κ3) is 3.50. The third-order valence-electron chi connectivity index (χ3n) is 1.79. The summed E-state index contributed by atoms with van der Waals surface area (Å²) in [5, 5.41) is 3.69. The van der Waals surface area contributed by atoms with E-state index in [1.54, 1.807) is 12.3 Å². The van der Waals surface area contributed by atoms with Crippen LogP contribution in [0, 0.1) is 5.82 Å². The van der Waals surface area contributed by atoms with Crippen LogP contribution in [0.25, 0.3) is 0 Å². The van der Waals surface area contributed by atoms with Gasteiger partial charge in [0.25, 0.3) is 5.91 Å². The van der Waals surface area contributed by atoms with Gasteiger partial charge in [0.15, 0.2) is 0 Å². The highest BCUT2D eigenvalue weighted by Crippen LogP contribution is 2.05. The van der Waals surface area contributed by atoms with Gasteiger partial charge in [-0.25, -0.2) is 9.82 Å². The smallest absolute Gasteiger partial charge is 0.267 e. The van der Waals surface area contributed by atoms with Crippen LogP contribution in [0.2, 0.25) is 0 Å². The van der Waals surface area contributed by atoms with Crippen LogP contribution in [0.15, 0.2) is 29.4 Å². The van der Waals surface area contributed by atoms with E-state index >= 15 is 0 Å². The molecule has 1 aromatic rings. The molecule has 1 N–H and O–H groups in total. The summed E-state index contributed by atoms with van der Waals surface area (Å²) >= 11 is 0. The summed E-state index contributed by atoms with van der Waals surface area (Å²) in [5.41, 5.74) is 2.27. The van der Waals surface area contributed by atoms with E-state index in [-0.39, 0.29) is 5.56 Å². The van der Waals surface area contributed by atoms with Gasteiger partial charge in [0.05, 0.1) is 5.56 Å². The summed E-state index contributed by atoms with van der Waals surface area (Å²) in [5.74, 6) is -1.07. The third-order valence-corrected chi connectivity index (χ3v) is 1.79. The summed E-state index contributed by atoms with van der Waals surface area (Å²) < 4.78 is 13.1. The molecule has 0 aliphatic heterocycles. The zero-order valence-corrected chi connectivity index (χ0v) is 8.53. The van der Waals surface area contributed by atoms with Crippen molar-refractivity contribution in [1.29, 1.82) is 0 Å². The molecular weight excluding hydrogens is 195 g/mol. The Bertz CT molecular complexity index is 363. The predicted octanol–water partition coefficient (Wildman–Crippen LogP) is 2.34. The number of carbonyl (C=O) groups is 1. The molecule has 0 heterocycles. The van der Waals surface area contributed by atoms with Crippen LogP contribution in [-0.4, -0.2) is 12.1 Å². The molecule has 1 rings (SSSR count). The molecule has 15 heavy (non-hydrogen) atoms. The minimum Gasteiger partial charge on any atom is -0.267 e. The van der Waals surface area contributed by atoms with E-state index in [4.69, 9.17) is 0 Å². The van der Waals surface area contributed by atoms with E-state index in [0.29, 0.717) is 0 Å². The number of benzene rings is 1. The normalized spacial score (nSPS) is 10.5. The molecule has 3 nitrogen and oxygen atoms in total. The highest BCUT2D eigenvalue weighted by atomic mass is 19.1. The van der Waals surface area contributed by atoms with Crippen molar-refractivity contribution in [3.63, 3.8) is 0 Å². The molecule has 0 unspecified atom stereocenters. The standard InChI is InChI=1S/C11H13FN2O/c1-2-3-8-13-14-11(15)9-6-4-5-7-10(9)12/h4-8H,2-3H2,1H3,(H,14,15). The van der Waals surface area contributed by atoms with Gasteiger partial charge in [0.1, 0.15) is 5.82 Å². The number of hydrogen-bond acceptors (Lipinski definition) is 2. The molecule has 1 amide bonds. The Hall–Kier alpha value is -1.71. The number of hydrazone groups is 1. The van der Waals surface area contributed by atoms with Gasteiger partial charge in [-0.1, -0.05) is 25.5 Å². The first kappa shape index (κ1) is 11.4. The Balaban J connectivity index is 2.58. The van der Waals surface area contributed by atoms with Crippen LogP contribution < -0.4 is 5.43 Å². The maximum absolute atomic E-state index is 13.1. The molecule has 0 spiro atoms. The second-order valence-corrected chi connectivity index (χ2v) is 3.02. The molecule has 1 aromatic carbocycles. The van der Waals surface area contributed by atoms with E-state index in [2.05, 4.69) is 10.5 Å². The van der Waals surface area contributed by atoms with E-state index in [0.717, 1.165) is 12.8 Å². The molecule has 0 aliphatic rings. The number of unbranched alkanes of at least 4 members (excludes halogenated alkanes) is 1. The van der Waals surface area contributed by atoms with Crippen molar-refractivity contribution in [2.45, 2.75) is 19.8 Å². The largest absolute Gasteiger partial charge is 0.274 e. The number of hydrogen-bond donors (Lipinski definition) is 1. The van der Waals surface area contributed by atoms with Gasteiger partial charge in [0, 0.05) is 6.21 Å². The van der Waals surface area contributed by atoms with Crippen LogP contribution in [0.1, 0.15) is 30.1 Å². The summed E-state index contributed by atoms with van der Waals surface area (Å²) in [6.07, 6.45) is 3.34. The van der Waals surface area contributed by atoms with Crippen molar-refractivity contribution in [3.05, 3.63) is 35.6 Å². The van der Waals surface area contributed by atoms with Crippen LogP contribution in [-0.2, 0) is 0 Å². The molecule has 0 aliphatic carbocycles. The number of nitrogens with one attached hydrogen (secondary N) is 1. The fourth-order valence-electron chi connectivity index (χ4n) is 1.00. The molecule has 0 saturated heterocycles. The molecule has 4 heteroatoms. The lowest BCUT2D eigenvalue weighted by atomic mass is 10.2.